The molecule has 4 aromatic rings. The number of fused-ring (bicyclic) bond motifs is 1. The molecule has 6 rings (SSSR count). The van der Waals surface area contributed by atoms with Crippen LogP contribution in [0.4, 0.5) is 16.3 Å². The highest BCUT2D eigenvalue weighted by Crippen LogP contribution is 2.40. The number of hydrogen-bond acceptors (Lipinski definition) is 5. The molecule has 3 N–H and O–H groups in total. The zero-order valence-corrected chi connectivity index (χ0v) is 26.8. The fourth-order valence-corrected chi connectivity index (χ4v) is 7.14. The van der Waals surface area contributed by atoms with Gasteiger partial charge in [-0.1, -0.05) is 56.7 Å². The number of carbonyl (C=O) groups excluding carboxylic acids is 2. The summed E-state index contributed by atoms with van der Waals surface area (Å²) < 4.78 is 1.78. The Hall–Kier alpha value is -4.01. The number of rotatable bonds is 7. The Bertz CT molecular complexity index is 1690. The molecule has 1 aliphatic heterocycles. The number of thiophene rings is 1. The lowest BCUT2D eigenvalue weighted by Gasteiger charge is -2.32. The summed E-state index contributed by atoms with van der Waals surface area (Å²) >= 11 is 1.69. The van der Waals surface area contributed by atoms with Crippen LogP contribution in [0.25, 0.3) is 11.8 Å². The van der Waals surface area contributed by atoms with Crippen LogP contribution < -0.4 is 16.0 Å². The SMILES string of the molecule is Cc1ccc(-n2nc(C(C)(C)C)cc2NC(=O)Nc2ccccc2C(C(=O)C2=Cc3sccc3CC2)C2CCNCC2)cc1. The fraction of sp³-hybridized carbons (Fsp3) is 0.361. The van der Waals surface area contributed by atoms with Crippen molar-refractivity contribution in [2.24, 2.45) is 5.92 Å². The van der Waals surface area contributed by atoms with Gasteiger partial charge in [0.1, 0.15) is 5.82 Å². The smallest absolute Gasteiger partial charge is 0.317 e. The standard InChI is InChI=1S/C36H41N5O2S/c1-23-9-13-27(14-10-23)41-32(22-31(40-41)36(2,3)4)39-35(43)38-29-8-6-5-7-28(29)33(25-15-18-37-19-16-25)34(42)26-12-11-24-17-20-44-30(24)21-26/h5-10,13-14,17,20-22,25,33,37H,11-12,15-16,18-19H2,1-4H3,(H2,38,39,43). The third-order valence-electron chi connectivity index (χ3n) is 8.75. The van der Waals surface area contributed by atoms with Gasteiger partial charge in [-0.25, -0.2) is 9.48 Å². The molecule has 7 nitrogen and oxygen atoms in total. The van der Waals surface area contributed by atoms with Gasteiger partial charge in [-0.15, -0.1) is 11.3 Å². The van der Waals surface area contributed by atoms with E-state index in [9.17, 15) is 9.59 Å². The van der Waals surface area contributed by atoms with Gasteiger partial charge in [-0.2, -0.15) is 5.10 Å². The molecule has 1 unspecified atom stereocenters. The van der Waals surface area contributed by atoms with Crippen molar-refractivity contribution in [3.05, 3.63) is 98.9 Å². The summed E-state index contributed by atoms with van der Waals surface area (Å²) in [5.74, 6) is 0.626. The lowest BCUT2D eigenvalue weighted by molar-refractivity contribution is -0.118. The van der Waals surface area contributed by atoms with Crippen LogP contribution in [0.2, 0.25) is 0 Å². The number of ketones is 1. The molecule has 1 aliphatic carbocycles. The van der Waals surface area contributed by atoms with Crippen molar-refractivity contribution in [2.45, 2.75) is 64.7 Å². The van der Waals surface area contributed by atoms with Crippen LogP contribution in [0.15, 0.2) is 71.6 Å². The number of allylic oxidation sites excluding steroid dienone is 1. The summed E-state index contributed by atoms with van der Waals surface area (Å²) in [7, 11) is 0. The Labute approximate surface area is 263 Å². The van der Waals surface area contributed by atoms with Gasteiger partial charge < -0.3 is 10.6 Å². The van der Waals surface area contributed by atoms with Crippen LogP contribution in [0.1, 0.15) is 73.2 Å². The Kier molecular flexibility index (Phi) is 8.56. The zero-order chi connectivity index (χ0) is 30.8. The van der Waals surface area contributed by atoms with Crippen LogP contribution in [0.3, 0.4) is 0 Å². The highest BCUT2D eigenvalue weighted by Gasteiger charge is 2.35. The summed E-state index contributed by atoms with van der Waals surface area (Å²) in [5, 5.41) is 16.6. The van der Waals surface area contributed by atoms with Crippen molar-refractivity contribution in [1.29, 1.82) is 0 Å². The monoisotopic (exact) mass is 607 g/mol. The first-order valence-electron chi connectivity index (χ1n) is 15.5. The lowest BCUT2D eigenvalue weighted by Crippen LogP contribution is -2.35. The number of para-hydroxylation sites is 1. The molecule has 1 fully saturated rings. The molecule has 1 saturated heterocycles. The molecule has 3 heterocycles. The van der Waals surface area contributed by atoms with E-state index >= 15 is 0 Å². The van der Waals surface area contributed by atoms with Crippen molar-refractivity contribution < 1.29 is 9.59 Å². The molecule has 2 aromatic heterocycles. The van der Waals surface area contributed by atoms with Gasteiger partial charge in [0.15, 0.2) is 5.78 Å². The van der Waals surface area contributed by atoms with Crippen LogP contribution in [-0.2, 0) is 16.6 Å². The zero-order valence-electron chi connectivity index (χ0n) is 25.9. The maximum atomic E-state index is 14.4. The first-order chi connectivity index (χ1) is 21.2. The van der Waals surface area contributed by atoms with E-state index in [1.807, 2.05) is 61.5 Å². The molecule has 8 heteroatoms. The summed E-state index contributed by atoms with van der Waals surface area (Å²) in [6, 6.07) is 19.6. The predicted molar refractivity (Wildman–Crippen MR) is 180 cm³/mol. The van der Waals surface area contributed by atoms with Crippen LogP contribution in [0.5, 0.6) is 0 Å². The molecule has 2 amide bonds. The van der Waals surface area contributed by atoms with E-state index in [4.69, 9.17) is 5.10 Å². The molecule has 228 valence electrons. The van der Waals surface area contributed by atoms with Crippen molar-refractivity contribution in [3.8, 4) is 5.69 Å². The van der Waals surface area contributed by atoms with E-state index in [0.29, 0.717) is 11.5 Å². The first-order valence-corrected chi connectivity index (χ1v) is 16.4. The minimum atomic E-state index is -0.372. The number of nitrogens with one attached hydrogen (secondary N) is 3. The van der Waals surface area contributed by atoms with Gasteiger partial charge >= 0.3 is 6.03 Å². The van der Waals surface area contributed by atoms with Gasteiger partial charge in [0, 0.05) is 22.0 Å². The Morgan fingerprint density at radius 2 is 1.75 bits per heavy atom. The Morgan fingerprint density at radius 1 is 1.00 bits per heavy atom. The van der Waals surface area contributed by atoms with E-state index in [2.05, 4.69) is 54.2 Å². The number of aryl methyl sites for hydroxylation is 2. The second-order valence-electron chi connectivity index (χ2n) is 13.0. The molecule has 2 aliphatic rings. The third-order valence-corrected chi connectivity index (χ3v) is 9.65. The van der Waals surface area contributed by atoms with Crippen molar-refractivity contribution in [3.63, 3.8) is 0 Å². The van der Waals surface area contributed by atoms with Crippen LogP contribution in [0, 0.1) is 12.8 Å². The number of amides is 2. The van der Waals surface area contributed by atoms with Gasteiger partial charge in [0.25, 0.3) is 0 Å². The van der Waals surface area contributed by atoms with E-state index < -0.39 is 0 Å². The average Bonchev–Trinajstić information content (AvgIpc) is 3.66. The molecular formula is C36H41N5O2S. The quantitative estimate of drug-likeness (QED) is 0.200. The molecule has 2 aromatic carbocycles. The Morgan fingerprint density at radius 3 is 2.50 bits per heavy atom. The topological polar surface area (TPSA) is 88.1 Å². The normalized spacial score (nSPS) is 16.1. The number of piperidine rings is 1. The second-order valence-corrected chi connectivity index (χ2v) is 13.9. The highest BCUT2D eigenvalue weighted by molar-refractivity contribution is 7.11. The maximum absolute atomic E-state index is 14.4. The van der Waals surface area contributed by atoms with E-state index in [1.54, 1.807) is 16.0 Å². The number of hydrogen-bond donors (Lipinski definition) is 3. The van der Waals surface area contributed by atoms with Crippen LogP contribution in [-0.4, -0.2) is 34.7 Å². The molecule has 0 bridgehead atoms. The predicted octanol–water partition coefficient (Wildman–Crippen LogP) is 7.87. The maximum Gasteiger partial charge on any atom is 0.324 e. The number of urea groups is 1. The molecule has 0 saturated carbocycles. The van der Waals surface area contributed by atoms with Gasteiger partial charge in [-0.3, -0.25) is 10.1 Å². The number of anilines is 2. The Balaban J connectivity index is 1.30. The number of carbonyl (C=O) groups is 2. The molecule has 1 atom stereocenters. The number of Topliss-reactive ketones (excluding diaryl/α,β-unsaturated/α-hetero) is 1. The molecule has 0 radical (unpaired) electrons. The van der Waals surface area contributed by atoms with Gasteiger partial charge in [-0.05, 0) is 104 Å². The molecule has 44 heavy (non-hydrogen) atoms. The number of aromatic nitrogens is 2. The summed E-state index contributed by atoms with van der Waals surface area (Å²) in [4.78, 5) is 29.2. The minimum absolute atomic E-state index is 0.179. The van der Waals surface area contributed by atoms with E-state index in [-0.39, 0.29) is 29.1 Å². The first kappa shape index (κ1) is 30.0. The molecule has 0 spiro atoms. The average molecular weight is 608 g/mol. The van der Waals surface area contributed by atoms with Crippen LogP contribution >= 0.6 is 11.3 Å². The van der Waals surface area contributed by atoms with Crippen molar-refractivity contribution >= 4 is 40.7 Å². The minimum Gasteiger partial charge on any atom is -0.317 e. The van der Waals surface area contributed by atoms with Gasteiger partial charge in [0.05, 0.1) is 17.3 Å². The van der Waals surface area contributed by atoms with E-state index in [1.165, 1.54) is 10.4 Å². The number of nitrogens with zero attached hydrogens (tertiary/aromatic N) is 2. The van der Waals surface area contributed by atoms with Gasteiger partial charge in [0.2, 0.25) is 0 Å². The summed E-state index contributed by atoms with van der Waals surface area (Å²) in [5.41, 5.74) is 6.44. The third kappa shape index (κ3) is 6.42. The van der Waals surface area contributed by atoms with Crippen molar-refractivity contribution in [2.75, 3.05) is 23.7 Å². The van der Waals surface area contributed by atoms with Crippen molar-refractivity contribution in [1.82, 2.24) is 15.1 Å². The summed E-state index contributed by atoms with van der Waals surface area (Å²) in [6.07, 6.45) is 5.57. The highest BCUT2D eigenvalue weighted by atomic mass is 32.1. The largest absolute Gasteiger partial charge is 0.324 e. The lowest BCUT2D eigenvalue weighted by atomic mass is 9.74. The number of benzene rings is 2. The molecular weight excluding hydrogens is 566 g/mol. The second kappa shape index (κ2) is 12.5. The summed E-state index contributed by atoms with van der Waals surface area (Å²) in [6.45, 7) is 10.1. The van der Waals surface area contributed by atoms with E-state index in [0.717, 1.165) is 66.9 Å². The fourth-order valence-electron chi connectivity index (χ4n) is 6.23.